The van der Waals surface area contributed by atoms with E-state index in [0.717, 1.165) is 0 Å². The summed E-state index contributed by atoms with van der Waals surface area (Å²) in [4.78, 5) is 0. The molecule has 17 valence electrons. The molecule has 4 heavy (non-hydrogen) atoms. The maximum Gasteiger partial charge on any atom is 0 e. The van der Waals surface area contributed by atoms with Crippen LogP contribution in [0.4, 0.5) is 0 Å². The van der Waals surface area contributed by atoms with Crippen molar-refractivity contribution in [2.45, 2.75) is 0 Å². The molecule has 0 nitrogen and oxygen atoms in total. The van der Waals surface area contributed by atoms with Gasteiger partial charge < -0.3 is 0 Å². The van der Waals surface area contributed by atoms with E-state index >= 15 is 0 Å². The van der Waals surface area contributed by atoms with E-state index in [4.69, 9.17) is 0 Å². The zero-order valence-electron chi connectivity index (χ0n) is 1.99. The van der Waals surface area contributed by atoms with Crippen molar-refractivity contribution in [3.63, 3.8) is 0 Å². The molecule has 0 saturated carbocycles. The van der Waals surface area contributed by atoms with Crippen LogP contribution in [-0.2, 0) is 27.7 Å². The molecule has 0 aromatic heterocycles. The summed E-state index contributed by atoms with van der Waals surface area (Å²) in [7, 11) is 0. The van der Waals surface area contributed by atoms with E-state index in [1.165, 1.54) is 0 Å². The van der Waals surface area contributed by atoms with Crippen LogP contribution in [-0.4, -0.2) is 80.4 Å². The second kappa shape index (κ2) is 15.9. The van der Waals surface area contributed by atoms with Gasteiger partial charge in [0.2, 0.25) is 0 Å². The Morgan fingerprint density at radius 3 is 1.00 bits per heavy atom. The smallest absolute Gasteiger partial charge is 0 e. The summed E-state index contributed by atoms with van der Waals surface area (Å²) in [5.41, 5.74) is 0. The van der Waals surface area contributed by atoms with Crippen molar-refractivity contribution in [3.8, 4) is 0 Å². The molecule has 0 unspecified atom stereocenters. The van der Waals surface area contributed by atoms with E-state index in [9.17, 15) is 0 Å². The Kier molecular flexibility index (Phi) is 101. The first-order chi connectivity index (χ1) is 0. The maximum atomic E-state index is 0. The Labute approximate surface area is 105 Å². The van der Waals surface area contributed by atoms with Crippen LogP contribution in [0.2, 0.25) is 0 Å². The summed E-state index contributed by atoms with van der Waals surface area (Å²) in [6.45, 7) is 0. The van der Waals surface area contributed by atoms with Gasteiger partial charge in [0.05, 0.1) is 0 Å². The molecule has 3 radical (unpaired) electrons. The summed E-state index contributed by atoms with van der Waals surface area (Å²) in [6.07, 6.45) is 0. The van der Waals surface area contributed by atoms with Gasteiger partial charge in [-0.3, -0.25) is 0 Å². The van der Waals surface area contributed by atoms with Crippen LogP contribution in [0.25, 0.3) is 0 Å². The summed E-state index contributed by atoms with van der Waals surface area (Å²) in [5.74, 6) is 0. The molecule has 0 aliphatic carbocycles. The molecular formula is H5HgInPbTl. The minimum atomic E-state index is 0. The third kappa shape index (κ3) is 9.17. The standard InChI is InChI=1S/Hg.In.Pb.Tl.5H. The number of rotatable bonds is 0. The molecule has 0 amide bonds. The summed E-state index contributed by atoms with van der Waals surface area (Å²) in [5, 5.41) is 0. The second-order valence-corrected chi connectivity index (χ2v) is 0. The third-order valence-electron chi connectivity index (χ3n) is 0. The van der Waals surface area contributed by atoms with Gasteiger partial charge in [-0.15, -0.1) is 0 Å². The third-order valence-corrected chi connectivity index (χ3v) is 0. The van der Waals surface area contributed by atoms with E-state index < -0.39 is 0 Å². The van der Waals surface area contributed by atoms with E-state index in [1.807, 2.05) is 0 Å². The van der Waals surface area contributed by atoms with Crippen LogP contribution in [0.15, 0.2) is 0 Å². The number of hydrogen-bond donors (Lipinski definition) is 0. The molecule has 0 fully saturated rings. The first-order valence-corrected chi connectivity index (χ1v) is 0. The van der Waals surface area contributed by atoms with E-state index in [2.05, 4.69) is 0 Å². The molecule has 0 aliphatic rings. The Hall–Kier alpha value is 3.65. The zero-order chi connectivity index (χ0) is 0. The summed E-state index contributed by atoms with van der Waals surface area (Å²) in [6, 6.07) is 0. The van der Waals surface area contributed by atoms with Gasteiger partial charge in [0.15, 0.2) is 0 Å². The van der Waals surface area contributed by atoms with Crippen molar-refractivity contribution in [2.75, 3.05) is 0 Å². The Bertz CT molecular complexity index is 8.00. The van der Waals surface area contributed by atoms with Gasteiger partial charge in [0, 0.05) is 55.0 Å². The van der Waals surface area contributed by atoms with Crippen LogP contribution in [0, 0.1) is 0 Å². The van der Waals surface area contributed by atoms with E-state index in [0.29, 0.717) is 0 Å². The SMILES string of the molecule is [Hg].[InH3].[PbH2].[Tl]. The van der Waals surface area contributed by atoms with Crippen LogP contribution in [0.1, 0.15) is 0 Å². The minimum Gasteiger partial charge on any atom is 0 e. The molecule has 0 aromatic rings. The molecule has 0 N–H and O–H groups in total. The maximum absolute atomic E-state index is 0. The van der Waals surface area contributed by atoms with Gasteiger partial charge in [-0.2, -0.15) is 0 Å². The monoisotopic (exact) mass is 735 g/mol. The Morgan fingerprint density at radius 1 is 1.00 bits per heavy atom. The molecule has 0 rings (SSSR count). The first kappa shape index (κ1) is 25.4. The van der Waals surface area contributed by atoms with Crippen LogP contribution < -0.4 is 0 Å². The predicted molar refractivity (Wildman–Crippen MR) is 24.2 cm³/mol. The average molecular weight is 732 g/mol. The van der Waals surface area contributed by atoms with E-state index in [1.54, 1.807) is 0 Å². The quantitative estimate of drug-likeness (QED) is 0.243. The van der Waals surface area contributed by atoms with Crippen LogP contribution >= 0.6 is 0 Å². The fourth-order valence-electron chi connectivity index (χ4n) is 0. The Morgan fingerprint density at radius 2 is 1.00 bits per heavy atom. The molecule has 0 saturated heterocycles. The van der Waals surface area contributed by atoms with Crippen molar-refractivity contribution < 1.29 is 27.7 Å². The molecule has 0 atom stereocenters. The summed E-state index contributed by atoms with van der Waals surface area (Å²) >= 11 is 0. The van der Waals surface area contributed by atoms with Gasteiger partial charge in [0.1, 0.15) is 0 Å². The summed E-state index contributed by atoms with van der Waals surface area (Å²) < 4.78 is 0. The van der Waals surface area contributed by atoms with Crippen molar-refractivity contribution in [2.24, 2.45) is 0 Å². The fourth-order valence-corrected chi connectivity index (χ4v) is 0. The normalized spacial score (nSPS) is 0. The topological polar surface area (TPSA) is 0 Å². The van der Waals surface area contributed by atoms with Gasteiger partial charge in [0.25, 0.3) is 0 Å². The largest absolute Gasteiger partial charge is 0 e. The predicted octanol–water partition coefficient (Wildman–Crippen LogP) is -2.48. The van der Waals surface area contributed by atoms with Gasteiger partial charge in [-0.1, -0.05) is 0 Å². The van der Waals surface area contributed by atoms with Gasteiger partial charge in [-0.25, -0.2) is 0 Å². The van der Waals surface area contributed by atoms with Gasteiger partial charge in [-0.05, 0) is 0 Å². The first-order valence-electron chi connectivity index (χ1n) is 0. The average Bonchev–Trinajstić information content (AvgIpc) is 0. The Balaban J connectivity index is 0. The molecule has 4 heteroatoms. The van der Waals surface area contributed by atoms with E-state index in [-0.39, 0.29) is 108 Å². The minimum absolute atomic E-state index is 0. The fraction of sp³-hybridized carbons (Fsp3) is 0. The molecule has 0 aromatic carbocycles. The molecular weight excluding hydrogens is 727 g/mol. The molecule has 0 heterocycles. The van der Waals surface area contributed by atoms with Crippen molar-refractivity contribution in [1.29, 1.82) is 0 Å². The van der Waals surface area contributed by atoms with Crippen LogP contribution in [0.3, 0.4) is 0 Å². The zero-order valence-corrected chi connectivity index (χ0v) is 17.5. The molecule has 0 spiro atoms. The van der Waals surface area contributed by atoms with Crippen molar-refractivity contribution in [1.82, 2.24) is 0 Å². The van der Waals surface area contributed by atoms with Crippen molar-refractivity contribution >= 4 is 80.4 Å². The molecule has 0 bridgehead atoms. The second-order valence-electron chi connectivity index (χ2n) is 0. The number of hydrogen-bond acceptors (Lipinski definition) is 0. The van der Waals surface area contributed by atoms with Crippen LogP contribution in [0.5, 0.6) is 0 Å². The molecule has 0 aliphatic heterocycles. The van der Waals surface area contributed by atoms with Crippen molar-refractivity contribution in [3.05, 3.63) is 0 Å². The van der Waals surface area contributed by atoms with Gasteiger partial charge >= 0.3 is 53.1 Å².